The standard InChI is InChI=1S/C17H17N3O2/c1-3-13(21)11-22-17-9-8-12(2)10-16(17)20-18-14-6-4-5-7-15(14)19-20/h3-10,13,21H,1,11H2,2H3. The highest BCUT2D eigenvalue weighted by atomic mass is 16.5. The second-order valence-electron chi connectivity index (χ2n) is 5.06. The highest BCUT2D eigenvalue weighted by Gasteiger charge is 2.11. The van der Waals surface area contributed by atoms with E-state index in [1.165, 1.54) is 6.08 Å². The molecular formula is C17H17N3O2. The summed E-state index contributed by atoms with van der Waals surface area (Å²) in [7, 11) is 0. The van der Waals surface area contributed by atoms with Gasteiger partial charge in [0.2, 0.25) is 0 Å². The summed E-state index contributed by atoms with van der Waals surface area (Å²) in [6.45, 7) is 5.67. The zero-order chi connectivity index (χ0) is 15.5. The van der Waals surface area contributed by atoms with Crippen LogP contribution >= 0.6 is 0 Å². The minimum atomic E-state index is -0.709. The topological polar surface area (TPSA) is 60.2 Å². The molecule has 1 N–H and O–H groups in total. The lowest BCUT2D eigenvalue weighted by atomic mass is 10.2. The summed E-state index contributed by atoms with van der Waals surface area (Å²) >= 11 is 0. The monoisotopic (exact) mass is 295 g/mol. The maximum atomic E-state index is 9.57. The number of aliphatic hydroxyl groups is 1. The predicted octanol–water partition coefficient (Wildman–Crippen LogP) is 2.65. The first-order valence-corrected chi connectivity index (χ1v) is 7.04. The highest BCUT2D eigenvalue weighted by molar-refractivity contribution is 5.73. The predicted molar refractivity (Wildman–Crippen MR) is 85.3 cm³/mol. The second-order valence-corrected chi connectivity index (χ2v) is 5.06. The van der Waals surface area contributed by atoms with Crippen LogP contribution < -0.4 is 4.74 Å². The fourth-order valence-electron chi connectivity index (χ4n) is 2.12. The normalized spacial score (nSPS) is 12.3. The van der Waals surface area contributed by atoms with Crippen LogP contribution in [0.5, 0.6) is 5.75 Å². The Morgan fingerprint density at radius 1 is 1.23 bits per heavy atom. The number of fused-ring (bicyclic) bond motifs is 1. The summed E-state index contributed by atoms with van der Waals surface area (Å²) in [6, 6.07) is 13.4. The minimum absolute atomic E-state index is 0.139. The quantitative estimate of drug-likeness (QED) is 0.735. The van der Waals surface area contributed by atoms with Crippen LogP contribution in [0.1, 0.15) is 5.56 Å². The summed E-state index contributed by atoms with van der Waals surface area (Å²) in [5.41, 5.74) is 3.46. The lowest BCUT2D eigenvalue weighted by Gasteiger charge is -2.13. The van der Waals surface area contributed by atoms with Gasteiger partial charge in [0, 0.05) is 0 Å². The van der Waals surface area contributed by atoms with Gasteiger partial charge in [-0.3, -0.25) is 0 Å². The molecule has 0 bridgehead atoms. The molecule has 5 heteroatoms. The van der Waals surface area contributed by atoms with Gasteiger partial charge < -0.3 is 9.84 Å². The molecule has 3 rings (SSSR count). The summed E-state index contributed by atoms with van der Waals surface area (Å²) < 4.78 is 5.67. The van der Waals surface area contributed by atoms with E-state index in [2.05, 4.69) is 16.8 Å². The molecule has 112 valence electrons. The van der Waals surface area contributed by atoms with Crippen molar-refractivity contribution < 1.29 is 9.84 Å². The number of rotatable bonds is 5. The first-order chi connectivity index (χ1) is 10.7. The molecule has 0 amide bonds. The van der Waals surface area contributed by atoms with Crippen molar-refractivity contribution in [1.82, 2.24) is 15.0 Å². The van der Waals surface area contributed by atoms with Gasteiger partial charge in [0.05, 0.1) is 0 Å². The number of hydrogen-bond donors (Lipinski definition) is 1. The van der Waals surface area contributed by atoms with E-state index in [9.17, 15) is 5.11 Å². The molecule has 1 aromatic heterocycles. The first-order valence-electron chi connectivity index (χ1n) is 7.04. The number of aromatic nitrogens is 3. The van der Waals surface area contributed by atoms with E-state index in [1.54, 1.807) is 4.80 Å². The third-order valence-electron chi connectivity index (χ3n) is 3.30. The SMILES string of the molecule is C=CC(O)COc1ccc(C)cc1-n1nc2ccccc2n1. The Kier molecular flexibility index (Phi) is 3.89. The molecule has 0 spiro atoms. The lowest BCUT2D eigenvalue weighted by molar-refractivity contribution is 0.144. The highest BCUT2D eigenvalue weighted by Crippen LogP contribution is 2.24. The number of aliphatic hydroxyl groups excluding tert-OH is 1. The second kappa shape index (κ2) is 5.99. The third-order valence-corrected chi connectivity index (χ3v) is 3.30. The maximum absolute atomic E-state index is 9.57. The molecule has 0 aliphatic heterocycles. The molecule has 0 radical (unpaired) electrons. The van der Waals surface area contributed by atoms with Gasteiger partial charge in [-0.25, -0.2) is 0 Å². The fourth-order valence-corrected chi connectivity index (χ4v) is 2.12. The summed E-state index contributed by atoms with van der Waals surface area (Å²) in [5, 5.41) is 18.5. The third kappa shape index (κ3) is 2.84. The molecule has 5 nitrogen and oxygen atoms in total. The van der Waals surface area contributed by atoms with E-state index in [4.69, 9.17) is 4.74 Å². The molecule has 0 saturated heterocycles. The average Bonchev–Trinajstić information content (AvgIpc) is 2.97. The van der Waals surface area contributed by atoms with Crippen LogP contribution in [-0.4, -0.2) is 32.8 Å². The van der Waals surface area contributed by atoms with Gasteiger partial charge in [-0.15, -0.1) is 21.6 Å². The lowest BCUT2D eigenvalue weighted by Crippen LogP contribution is -2.15. The zero-order valence-electron chi connectivity index (χ0n) is 12.3. The van der Waals surface area contributed by atoms with Crippen molar-refractivity contribution in [1.29, 1.82) is 0 Å². The zero-order valence-corrected chi connectivity index (χ0v) is 12.3. The Bertz CT molecular complexity index is 778. The molecule has 1 unspecified atom stereocenters. The van der Waals surface area contributed by atoms with Gasteiger partial charge in [-0.1, -0.05) is 24.3 Å². The number of ether oxygens (including phenoxy) is 1. The number of nitrogens with zero attached hydrogens (tertiary/aromatic N) is 3. The molecule has 0 aliphatic rings. The van der Waals surface area contributed by atoms with E-state index in [0.29, 0.717) is 5.75 Å². The first kappa shape index (κ1) is 14.3. The van der Waals surface area contributed by atoms with Crippen molar-refractivity contribution in [3.63, 3.8) is 0 Å². The molecule has 22 heavy (non-hydrogen) atoms. The van der Waals surface area contributed by atoms with Crippen LogP contribution in [0.15, 0.2) is 55.1 Å². The van der Waals surface area contributed by atoms with Crippen molar-refractivity contribution in [2.24, 2.45) is 0 Å². The Labute approximate surface area is 128 Å². The maximum Gasteiger partial charge on any atom is 0.146 e. The van der Waals surface area contributed by atoms with Crippen molar-refractivity contribution in [2.75, 3.05) is 6.61 Å². The van der Waals surface area contributed by atoms with E-state index in [0.717, 1.165) is 22.3 Å². The molecule has 0 aliphatic carbocycles. The number of hydrogen-bond acceptors (Lipinski definition) is 4. The van der Waals surface area contributed by atoms with E-state index >= 15 is 0 Å². The number of benzene rings is 2. The molecule has 1 heterocycles. The van der Waals surface area contributed by atoms with Crippen molar-refractivity contribution in [3.05, 3.63) is 60.7 Å². The van der Waals surface area contributed by atoms with Gasteiger partial charge in [0.25, 0.3) is 0 Å². The Morgan fingerprint density at radius 2 is 1.91 bits per heavy atom. The molecule has 1 atom stereocenters. The fraction of sp³-hybridized carbons (Fsp3) is 0.176. The molecule has 2 aromatic carbocycles. The van der Waals surface area contributed by atoms with Gasteiger partial charge in [0.1, 0.15) is 35.2 Å². The van der Waals surface area contributed by atoms with E-state index in [1.807, 2.05) is 49.4 Å². The van der Waals surface area contributed by atoms with Crippen LogP contribution in [0.4, 0.5) is 0 Å². The summed E-state index contributed by atoms with van der Waals surface area (Å²) in [6.07, 6.45) is 0.729. The largest absolute Gasteiger partial charge is 0.488 e. The Morgan fingerprint density at radius 3 is 2.55 bits per heavy atom. The van der Waals surface area contributed by atoms with Gasteiger partial charge >= 0.3 is 0 Å². The molecule has 0 fully saturated rings. The Balaban J connectivity index is 2.00. The van der Waals surface area contributed by atoms with Crippen molar-refractivity contribution >= 4 is 11.0 Å². The van der Waals surface area contributed by atoms with Gasteiger partial charge in [-0.05, 0) is 36.8 Å². The molecule has 0 saturated carbocycles. The summed E-state index contributed by atoms with van der Waals surface area (Å²) in [5.74, 6) is 0.617. The van der Waals surface area contributed by atoms with Crippen molar-refractivity contribution in [3.8, 4) is 11.4 Å². The van der Waals surface area contributed by atoms with Gasteiger partial charge in [0.15, 0.2) is 0 Å². The van der Waals surface area contributed by atoms with E-state index < -0.39 is 6.10 Å². The minimum Gasteiger partial charge on any atom is -0.488 e. The van der Waals surface area contributed by atoms with Crippen LogP contribution in [0.3, 0.4) is 0 Å². The smallest absolute Gasteiger partial charge is 0.146 e. The van der Waals surface area contributed by atoms with Crippen LogP contribution in [0.25, 0.3) is 16.7 Å². The molecular weight excluding hydrogens is 278 g/mol. The average molecular weight is 295 g/mol. The van der Waals surface area contributed by atoms with Crippen LogP contribution in [-0.2, 0) is 0 Å². The van der Waals surface area contributed by atoms with E-state index in [-0.39, 0.29) is 6.61 Å². The number of aryl methyl sites for hydroxylation is 1. The molecule has 3 aromatic rings. The van der Waals surface area contributed by atoms with Crippen LogP contribution in [0.2, 0.25) is 0 Å². The van der Waals surface area contributed by atoms with Crippen LogP contribution in [0, 0.1) is 6.92 Å². The summed E-state index contributed by atoms with van der Waals surface area (Å²) in [4.78, 5) is 1.56. The van der Waals surface area contributed by atoms with Gasteiger partial charge in [-0.2, -0.15) is 0 Å². The van der Waals surface area contributed by atoms with Crippen molar-refractivity contribution in [2.45, 2.75) is 13.0 Å². The Hall–Kier alpha value is -2.66.